The van der Waals surface area contributed by atoms with E-state index in [0.29, 0.717) is 33.6 Å². The van der Waals surface area contributed by atoms with Gasteiger partial charge in [0.15, 0.2) is 5.13 Å². The molecule has 0 aliphatic rings. The lowest BCUT2D eigenvalue weighted by molar-refractivity contribution is 0.102. The Balaban J connectivity index is 1.73. The van der Waals surface area contributed by atoms with Crippen molar-refractivity contribution in [2.75, 3.05) is 19.0 Å². The Morgan fingerprint density at radius 1 is 1.23 bits per heavy atom. The van der Waals surface area contributed by atoms with Crippen LogP contribution in [0.2, 0.25) is 5.02 Å². The molecule has 3 rings (SSSR count). The van der Waals surface area contributed by atoms with Gasteiger partial charge in [-0.3, -0.25) is 10.1 Å². The molecule has 0 atom stereocenters. The van der Waals surface area contributed by atoms with Crippen molar-refractivity contribution in [3.63, 3.8) is 0 Å². The number of aromatic nitrogens is 1. The second-order valence-electron chi connectivity index (χ2n) is 5.63. The van der Waals surface area contributed by atoms with Gasteiger partial charge < -0.3 is 9.47 Å². The van der Waals surface area contributed by atoms with Crippen LogP contribution in [0, 0.1) is 0 Å². The number of carbonyl (C=O) groups excluding carboxylic acids is 1. The van der Waals surface area contributed by atoms with Crippen LogP contribution in [0.15, 0.2) is 36.4 Å². The lowest BCUT2D eigenvalue weighted by Crippen LogP contribution is -2.11. The van der Waals surface area contributed by atoms with E-state index in [1.54, 1.807) is 43.5 Å². The van der Waals surface area contributed by atoms with Crippen molar-refractivity contribution in [3.05, 3.63) is 47.0 Å². The fraction of sp³-hybridized carbons (Fsp3) is 0.263. The largest absolute Gasteiger partial charge is 0.494 e. The Bertz CT molecular complexity index is 909. The Kier molecular flexibility index (Phi) is 5.96. The number of nitrogens with zero attached hydrogens (tertiary/aromatic N) is 1. The molecule has 0 unspecified atom stereocenters. The number of thiazole rings is 1. The molecule has 26 heavy (non-hydrogen) atoms. The van der Waals surface area contributed by atoms with E-state index in [1.807, 2.05) is 0 Å². The number of fused-ring (bicyclic) bond motifs is 1. The first-order valence-electron chi connectivity index (χ1n) is 8.29. The average Bonchev–Trinajstić information content (AvgIpc) is 3.07. The van der Waals surface area contributed by atoms with Crippen molar-refractivity contribution in [3.8, 4) is 11.5 Å². The lowest BCUT2D eigenvalue weighted by Gasteiger charge is -2.06. The highest BCUT2D eigenvalue weighted by Crippen LogP contribution is 2.37. The van der Waals surface area contributed by atoms with E-state index >= 15 is 0 Å². The normalized spacial score (nSPS) is 10.7. The van der Waals surface area contributed by atoms with Crippen molar-refractivity contribution in [2.24, 2.45) is 0 Å². The highest BCUT2D eigenvalue weighted by atomic mass is 35.5. The second-order valence-corrected chi connectivity index (χ2v) is 7.03. The van der Waals surface area contributed by atoms with Gasteiger partial charge in [-0.05, 0) is 42.8 Å². The Labute approximate surface area is 160 Å². The topological polar surface area (TPSA) is 60.5 Å². The van der Waals surface area contributed by atoms with Crippen molar-refractivity contribution in [1.29, 1.82) is 0 Å². The molecule has 136 valence electrons. The molecule has 1 aromatic heterocycles. The summed E-state index contributed by atoms with van der Waals surface area (Å²) in [6.07, 6.45) is 2.09. The molecule has 7 heteroatoms. The van der Waals surface area contributed by atoms with Crippen molar-refractivity contribution in [1.82, 2.24) is 4.98 Å². The summed E-state index contributed by atoms with van der Waals surface area (Å²) in [6.45, 7) is 2.79. The summed E-state index contributed by atoms with van der Waals surface area (Å²) in [5.74, 6) is 1.14. The van der Waals surface area contributed by atoms with Crippen LogP contribution in [-0.2, 0) is 0 Å². The van der Waals surface area contributed by atoms with Gasteiger partial charge in [-0.15, -0.1) is 0 Å². The quantitative estimate of drug-likeness (QED) is 0.549. The summed E-state index contributed by atoms with van der Waals surface area (Å²) in [5, 5.41) is 3.86. The second kappa shape index (κ2) is 8.38. The molecule has 1 amide bonds. The van der Waals surface area contributed by atoms with Crippen molar-refractivity contribution in [2.45, 2.75) is 19.8 Å². The maximum atomic E-state index is 12.5. The average molecular weight is 391 g/mol. The van der Waals surface area contributed by atoms with E-state index in [0.717, 1.165) is 23.3 Å². The summed E-state index contributed by atoms with van der Waals surface area (Å²) < 4.78 is 11.7. The minimum atomic E-state index is -0.237. The van der Waals surface area contributed by atoms with Crippen LogP contribution in [0.1, 0.15) is 30.1 Å². The van der Waals surface area contributed by atoms with Gasteiger partial charge in [-0.2, -0.15) is 0 Å². The van der Waals surface area contributed by atoms with Crippen LogP contribution in [0.4, 0.5) is 5.13 Å². The summed E-state index contributed by atoms with van der Waals surface area (Å²) in [6, 6.07) is 10.6. The first-order valence-corrected chi connectivity index (χ1v) is 9.49. The van der Waals surface area contributed by atoms with Crippen molar-refractivity contribution < 1.29 is 14.3 Å². The number of unbranched alkanes of at least 4 members (excludes halogenated alkanes) is 1. The van der Waals surface area contributed by atoms with Gasteiger partial charge in [0.25, 0.3) is 5.91 Å². The number of benzene rings is 2. The zero-order valence-electron chi connectivity index (χ0n) is 14.5. The van der Waals surface area contributed by atoms with Gasteiger partial charge in [0, 0.05) is 5.56 Å². The molecule has 0 saturated heterocycles. The lowest BCUT2D eigenvalue weighted by atomic mass is 10.2. The van der Waals surface area contributed by atoms with Gasteiger partial charge in [0.05, 0.1) is 23.4 Å². The van der Waals surface area contributed by atoms with Gasteiger partial charge in [-0.1, -0.05) is 36.3 Å². The molecule has 0 fully saturated rings. The molecule has 0 aliphatic heterocycles. The van der Waals surface area contributed by atoms with E-state index in [9.17, 15) is 4.79 Å². The predicted molar refractivity (Wildman–Crippen MR) is 106 cm³/mol. The molecule has 3 aromatic rings. The zero-order chi connectivity index (χ0) is 18.5. The number of ether oxygens (including phenoxy) is 2. The number of halogens is 1. The van der Waals surface area contributed by atoms with Crippen LogP contribution in [-0.4, -0.2) is 24.6 Å². The molecule has 0 saturated carbocycles. The molecular weight excluding hydrogens is 372 g/mol. The SMILES string of the molecule is CCCCOc1ccc(C(=O)Nc2nc3c(OC)ccc(Cl)c3s2)cc1. The van der Waals surface area contributed by atoms with E-state index in [1.165, 1.54) is 11.3 Å². The van der Waals surface area contributed by atoms with Gasteiger partial charge in [0.1, 0.15) is 17.0 Å². The van der Waals surface area contributed by atoms with Gasteiger partial charge in [-0.25, -0.2) is 4.98 Å². The Morgan fingerprint density at radius 3 is 2.69 bits per heavy atom. The molecule has 0 spiro atoms. The van der Waals surface area contributed by atoms with Crippen LogP contribution in [0.3, 0.4) is 0 Å². The van der Waals surface area contributed by atoms with Gasteiger partial charge in [0.2, 0.25) is 0 Å². The van der Waals surface area contributed by atoms with E-state index in [2.05, 4.69) is 17.2 Å². The number of anilines is 1. The number of nitrogens with one attached hydrogen (secondary N) is 1. The molecule has 0 bridgehead atoms. The molecule has 2 aromatic carbocycles. The maximum Gasteiger partial charge on any atom is 0.257 e. The smallest absolute Gasteiger partial charge is 0.257 e. The Morgan fingerprint density at radius 2 is 2.00 bits per heavy atom. The van der Waals surface area contributed by atoms with Gasteiger partial charge >= 0.3 is 0 Å². The minimum Gasteiger partial charge on any atom is -0.494 e. The van der Waals surface area contributed by atoms with Crippen LogP contribution in [0.5, 0.6) is 11.5 Å². The van der Waals surface area contributed by atoms with Crippen LogP contribution in [0.25, 0.3) is 10.2 Å². The predicted octanol–water partition coefficient (Wildman–Crippen LogP) is 5.39. The molecular formula is C19H19ClN2O3S. The summed E-state index contributed by atoms with van der Waals surface area (Å²) >= 11 is 7.52. The highest BCUT2D eigenvalue weighted by molar-refractivity contribution is 7.23. The molecule has 0 aliphatic carbocycles. The van der Waals surface area contributed by atoms with Crippen molar-refractivity contribution >= 4 is 44.2 Å². The number of rotatable bonds is 7. The first-order chi connectivity index (χ1) is 12.6. The number of hydrogen-bond donors (Lipinski definition) is 1. The summed E-state index contributed by atoms with van der Waals surface area (Å²) in [4.78, 5) is 16.9. The number of carbonyl (C=O) groups is 1. The van der Waals surface area contributed by atoms with E-state index < -0.39 is 0 Å². The number of hydrogen-bond acceptors (Lipinski definition) is 5. The van der Waals surface area contributed by atoms with Crippen LogP contribution >= 0.6 is 22.9 Å². The minimum absolute atomic E-state index is 0.237. The standard InChI is InChI=1S/C19H19ClN2O3S/c1-3-4-11-25-13-7-5-12(6-8-13)18(23)22-19-21-16-15(24-2)10-9-14(20)17(16)26-19/h5-10H,3-4,11H2,1-2H3,(H,21,22,23). The third-order valence-corrected chi connectivity index (χ3v) is 5.21. The third kappa shape index (κ3) is 4.08. The Hall–Kier alpha value is -2.31. The maximum absolute atomic E-state index is 12.5. The molecule has 1 heterocycles. The number of methoxy groups -OCH3 is 1. The summed E-state index contributed by atoms with van der Waals surface area (Å²) in [7, 11) is 1.57. The molecule has 1 N–H and O–H groups in total. The van der Waals surface area contributed by atoms with Crippen LogP contribution < -0.4 is 14.8 Å². The fourth-order valence-electron chi connectivity index (χ4n) is 2.38. The summed E-state index contributed by atoms with van der Waals surface area (Å²) in [5.41, 5.74) is 1.17. The number of amides is 1. The zero-order valence-corrected chi connectivity index (χ0v) is 16.1. The molecule has 5 nitrogen and oxygen atoms in total. The third-order valence-electron chi connectivity index (χ3n) is 3.78. The monoisotopic (exact) mass is 390 g/mol. The fourth-order valence-corrected chi connectivity index (χ4v) is 3.53. The first kappa shape index (κ1) is 18.5. The van der Waals surface area contributed by atoms with E-state index in [4.69, 9.17) is 21.1 Å². The highest BCUT2D eigenvalue weighted by Gasteiger charge is 2.14. The molecule has 0 radical (unpaired) electrons. The van der Waals surface area contributed by atoms with E-state index in [-0.39, 0.29) is 5.91 Å².